The molecule has 0 aromatic heterocycles. The average molecular weight is 787 g/mol. The van der Waals surface area contributed by atoms with Crippen LogP contribution in [0.2, 0.25) is 0 Å². The zero-order valence-electron chi connectivity index (χ0n) is 33.4. The summed E-state index contributed by atoms with van der Waals surface area (Å²) in [7, 11) is 1.37. The maximum atomic E-state index is 7.26. The minimum atomic E-state index is -1.97. The molecule has 0 amide bonds. The van der Waals surface area contributed by atoms with Crippen LogP contribution >= 0.6 is 17.0 Å². The van der Waals surface area contributed by atoms with Crippen LogP contribution in [0.3, 0.4) is 0 Å². The van der Waals surface area contributed by atoms with Gasteiger partial charge in [-0.15, -0.1) is 0 Å². The summed E-state index contributed by atoms with van der Waals surface area (Å²) in [6.07, 6.45) is 0. The van der Waals surface area contributed by atoms with E-state index in [9.17, 15) is 0 Å². The van der Waals surface area contributed by atoms with Crippen LogP contribution in [0.25, 0.3) is 33.4 Å². The van der Waals surface area contributed by atoms with Crippen LogP contribution < -0.4 is 32.9 Å². The van der Waals surface area contributed by atoms with Gasteiger partial charge in [-0.2, -0.15) is 0 Å². The Kier molecular flexibility index (Phi) is 11.3. The smallest absolute Gasteiger partial charge is 0.462 e. The summed E-state index contributed by atoms with van der Waals surface area (Å²) >= 11 is 0. The number of para-hydroxylation sites is 2. The third kappa shape index (κ3) is 8.09. The zero-order chi connectivity index (χ0) is 39.6. The van der Waals surface area contributed by atoms with Crippen molar-refractivity contribution in [1.29, 1.82) is 0 Å². The van der Waals surface area contributed by atoms with E-state index in [0.717, 1.165) is 55.6 Å². The molecule has 0 radical (unpaired) electrons. The van der Waals surface area contributed by atoms with Gasteiger partial charge in [-0.3, -0.25) is 4.52 Å². The van der Waals surface area contributed by atoms with Crippen LogP contribution in [-0.4, -0.2) is 21.3 Å². The van der Waals surface area contributed by atoms with Gasteiger partial charge in [0, 0.05) is 40.5 Å². The molecule has 1 aliphatic heterocycles. The van der Waals surface area contributed by atoms with E-state index >= 15 is 0 Å². The van der Waals surface area contributed by atoms with E-state index in [1.807, 2.05) is 84.9 Å². The molecular formula is C47H48O7P2. The molecule has 9 heteroatoms. The van der Waals surface area contributed by atoms with E-state index in [2.05, 4.69) is 84.0 Å². The summed E-state index contributed by atoms with van der Waals surface area (Å²) < 4.78 is 45.6. The Morgan fingerprint density at radius 3 is 1.68 bits per heavy atom. The number of methoxy groups -OCH3 is 2. The van der Waals surface area contributed by atoms with E-state index in [-0.39, 0.29) is 10.8 Å². The second-order valence-electron chi connectivity index (χ2n) is 15.5. The molecule has 1 aliphatic rings. The number of hydrogen-bond acceptors (Lipinski definition) is 7. The first-order valence-electron chi connectivity index (χ1n) is 18.5. The quantitative estimate of drug-likeness (QED) is 0.121. The minimum absolute atomic E-state index is 0.364. The molecule has 0 aliphatic carbocycles. The van der Waals surface area contributed by atoms with Crippen molar-refractivity contribution < 1.29 is 32.1 Å². The standard InChI is InChI=1S/C47H48O7P2/c1-46(2,3)39-29-32(48-7)27-37(44(39)53-55-43-26-18-15-23-36(43)35-22-14-17-25-42(35)51-55)38-28-33(49-8)30-40(47(4,5)6)45(38)54-56(50-9)52-41-24-16-13-21-34(41)31-19-11-10-12-20-31/h10-30H,1-9H3. The molecule has 2 atom stereocenters. The number of ether oxygens (including phenoxy) is 2. The van der Waals surface area contributed by atoms with Crippen molar-refractivity contribution in [2.45, 2.75) is 52.4 Å². The maximum absolute atomic E-state index is 7.26. The van der Waals surface area contributed by atoms with Crippen molar-refractivity contribution in [3.63, 3.8) is 0 Å². The van der Waals surface area contributed by atoms with Gasteiger partial charge in [-0.1, -0.05) is 126 Å². The van der Waals surface area contributed by atoms with Gasteiger partial charge in [-0.05, 0) is 64.4 Å². The van der Waals surface area contributed by atoms with E-state index < -0.39 is 17.0 Å². The summed E-state index contributed by atoms with van der Waals surface area (Å²) in [6.45, 7) is 13.0. The van der Waals surface area contributed by atoms with Gasteiger partial charge in [0.2, 0.25) is 0 Å². The van der Waals surface area contributed by atoms with Gasteiger partial charge < -0.3 is 27.6 Å². The SMILES string of the molecule is COc1cc(-c2cc(OC)cc(C(C)(C)C)c2OP2Oc3ccccc3-c3ccccc32)c(OP(OC)Oc2ccccc2-c2ccccc2)c(C(C)(C)C)c1. The van der Waals surface area contributed by atoms with Gasteiger partial charge in [-0.25, -0.2) is 0 Å². The second-order valence-corrected chi connectivity index (χ2v) is 18.0. The lowest BCUT2D eigenvalue weighted by molar-refractivity contribution is 0.320. The summed E-state index contributed by atoms with van der Waals surface area (Å²) in [6, 6.07) is 42.5. The fourth-order valence-electron chi connectivity index (χ4n) is 6.72. The molecule has 0 bridgehead atoms. The van der Waals surface area contributed by atoms with Crippen LogP contribution in [0.1, 0.15) is 52.7 Å². The van der Waals surface area contributed by atoms with Gasteiger partial charge in [0.05, 0.1) is 19.5 Å². The molecule has 6 aromatic rings. The molecule has 0 fully saturated rings. The number of rotatable bonds is 11. The van der Waals surface area contributed by atoms with Crippen molar-refractivity contribution in [3.05, 3.63) is 139 Å². The average Bonchev–Trinajstić information content (AvgIpc) is 3.20. The molecule has 288 valence electrons. The molecule has 7 nitrogen and oxygen atoms in total. The van der Waals surface area contributed by atoms with E-state index in [1.54, 1.807) is 21.3 Å². The number of fused-ring (bicyclic) bond motifs is 3. The lowest BCUT2D eigenvalue weighted by Crippen LogP contribution is -2.20. The largest absolute Gasteiger partial charge is 0.497 e. The Hall–Kier alpha value is -5.06. The second kappa shape index (κ2) is 16.2. The van der Waals surface area contributed by atoms with E-state index in [4.69, 9.17) is 32.1 Å². The molecule has 0 saturated heterocycles. The fourth-order valence-corrected chi connectivity index (χ4v) is 9.11. The predicted octanol–water partition coefficient (Wildman–Crippen LogP) is 13.0. The molecule has 7 rings (SSSR count). The highest BCUT2D eigenvalue weighted by atomic mass is 31.2. The summed E-state index contributed by atoms with van der Waals surface area (Å²) in [5.74, 6) is 4.02. The first kappa shape index (κ1) is 39.2. The Balaban J connectivity index is 1.42. The van der Waals surface area contributed by atoms with Crippen molar-refractivity contribution in [2.24, 2.45) is 0 Å². The molecule has 0 saturated carbocycles. The summed E-state index contributed by atoms with van der Waals surface area (Å²) in [4.78, 5) is 0. The van der Waals surface area contributed by atoms with Crippen molar-refractivity contribution in [3.8, 4) is 67.9 Å². The molecule has 0 spiro atoms. The van der Waals surface area contributed by atoms with Gasteiger partial charge in [0.25, 0.3) is 0 Å². The highest BCUT2D eigenvalue weighted by Crippen LogP contribution is 2.57. The van der Waals surface area contributed by atoms with Gasteiger partial charge in [0.15, 0.2) is 0 Å². The maximum Gasteiger partial charge on any atom is 0.462 e. The molecular weight excluding hydrogens is 738 g/mol. The lowest BCUT2D eigenvalue weighted by Gasteiger charge is -2.32. The molecule has 1 heterocycles. The number of benzene rings is 6. The summed E-state index contributed by atoms with van der Waals surface area (Å²) in [5, 5.41) is 0.994. The topological polar surface area (TPSA) is 64.6 Å². The normalized spacial score (nSPS) is 14.1. The first-order valence-corrected chi connectivity index (χ1v) is 20.8. The van der Waals surface area contributed by atoms with Crippen LogP contribution in [0.4, 0.5) is 0 Å². The Morgan fingerprint density at radius 2 is 1.05 bits per heavy atom. The van der Waals surface area contributed by atoms with Crippen molar-refractivity contribution in [1.82, 2.24) is 0 Å². The van der Waals surface area contributed by atoms with E-state index in [1.165, 1.54) is 0 Å². The highest BCUT2D eigenvalue weighted by Gasteiger charge is 2.35. The summed E-state index contributed by atoms with van der Waals surface area (Å²) in [5.41, 5.74) is 6.68. The van der Waals surface area contributed by atoms with Crippen molar-refractivity contribution in [2.75, 3.05) is 21.3 Å². The molecule has 56 heavy (non-hydrogen) atoms. The zero-order valence-corrected chi connectivity index (χ0v) is 35.2. The Labute approximate surface area is 333 Å². The highest BCUT2D eigenvalue weighted by molar-refractivity contribution is 7.57. The third-order valence-corrected chi connectivity index (χ3v) is 12.1. The molecule has 2 unspecified atom stereocenters. The minimum Gasteiger partial charge on any atom is -0.497 e. The first-order chi connectivity index (χ1) is 26.9. The lowest BCUT2D eigenvalue weighted by atomic mass is 9.81. The van der Waals surface area contributed by atoms with Crippen molar-refractivity contribution >= 4 is 22.3 Å². The Morgan fingerprint density at radius 1 is 0.518 bits per heavy atom. The molecule has 6 aromatic carbocycles. The van der Waals surface area contributed by atoms with Crippen LogP contribution in [-0.2, 0) is 15.4 Å². The fraction of sp³-hybridized carbons (Fsp3) is 0.234. The van der Waals surface area contributed by atoms with Crippen LogP contribution in [0, 0.1) is 0 Å². The predicted molar refractivity (Wildman–Crippen MR) is 229 cm³/mol. The monoisotopic (exact) mass is 786 g/mol. The van der Waals surface area contributed by atoms with Crippen LogP contribution in [0.5, 0.6) is 34.5 Å². The van der Waals surface area contributed by atoms with Gasteiger partial charge in [0.1, 0.15) is 34.5 Å². The van der Waals surface area contributed by atoms with Gasteiger partial charge >= 0.3 is 17.0 Å². The third-order valence-electron chi connectivity index (χ3n) is 9.60. The Bertz CT molecular complexity index is 2330. The number of hydrogen-bond donors (Lipinski definition) is 0. The van der Waals surface area contributed by atoms with E-state index in [0.29, 0.717) is 28.7 Å². The van der Waals surface area contributed by atoms with Crippen LogP contribution in [0.15, 0.2) is 127 Å². The molecule has 0 N–H and O–H groups in total.